The minimum Gasteiger partial charge on any atom is -0.497 e. The van der Waals surface area contributed by atoms with Gasteiger partial charge in [-0.1, -0.05) is 17.4 Å². The second-order valence-corrected chi connectivity index (χ2v) is 10.4. The Morgan fingerprint density at radius 1 is 1.18 bits per heavy atom. The van der Waals surface area contributed by atoms with E-state index in [4.69, 9.17) is 9.47 Å². The van der Waals surface area contributed by atoms with E-state index in [1.54, 1.807) is 43.3 Å². The largest absolute Gasteiger partial charge is 0.497 e. The first-order chi connectivity index (χ1) is 16.3. The average Bonchev–Trinajstić information content (AvgIpc) is 3.15. The van der Waals surface area contributed by atoms with E-state index >= 15 is 0 Å². The Hall–Kier alpha value is -3.24. The molecule has 0 N–H and O–H groups in total. The third-order valence-corrected chi connectivity index (χ3v) is 7.81. The van der Waals surface area contributed by atoms with Crippen LogP contribution in [-0.2, 0) is 25.9 Å². The highest BCUT2D eigenvalue weighted by Gasteiger charge is 2.16. The minimum atomic E-state index is -3.52. The van der Waals surface area contributed by atoms with Gasteiger partial charge in [0, 0.05) is 13.0 Å². The van der Waals surface area contributed by atoms with Crippen molar-refractivity contribution in [2.75, 3.05) is 19.5 Å². The Balaban J connectivity index is 1.76. The summed E-state index contributed by atoms with van der Waals surface area (Å²) in [7, 11) is -2.01. The van der Waals surface area contributed by atoms with Gasteiger partial charge in [-0.2, -0.15) is 4.99 Å². The number of methoxy groups -OCH3 is 1. The number of sulfone groups is 1. The van der Waals surface area contributed by atoms with Gasteiger partial charge in [0.05, 0.1) is 40.1 Å². The van der Waals surface area contributed by atoms with E-state index in [2.05, 4.69) is 11.6 Å². The summed E-state index contributed by atoms with van der Waals surface area (Å²) in [5.41, 5.74) is 1.23. The fourth-order valence-corrected chi connectivity index (χ4v) is 5.69. The molecular formula is C24H26N2O6S2. The molecule has 180 valence electrons. The second kappa shape index (κ2) is 11.3. The molecule has 0 bridgehead atoms. The van der Waals surface area contributed by atoms with Gasteiger partial charge < -0.3 is 14.0 Å². The van der Waals surface area contributed by atoms with Gasteiger partial charge in [-0.3, -0.25) is 4.79 Å². The Morgan fingerprint density at radius 2 is 1.91 bits per heavy atom. The maximum atomic E-state index is 12.5. The third-order valence-electron chi connectivity index (χ3n) is 4.95. The number of carbonyl (C=O) groups is 2. The molecule has 3 aromatic rings. The molecule has 0 aliphatic heterocycles. The molecule has 2 aromatic carbocycles. The van der Waals surface area contributed by atoms with Crippen LogP contribution in [0.5, 0.6) is 5.75 Å². The van der Waals surface area contributed by atoms with Gasteiger partial charge in [0.15, 0.2) is 14.6 Å². The number of ether oxygens (including phenoxy) is 2. The van der Waals surface area contributed by atoms with Crippen LogP contribution in [0.15, 0.2) is 65.0 Å². The Bertz CT molecular complexity index is 1370. The smallest absolute Gasteiger partial charge is 0.338 e. The number of carbonyl (C=O) groups excluding carboxylic acids is 2. The van der Waals surface area contributed by atoms with Crippen LogP contribution in [0.25, 0.3) is 10.2 Å². The predicted molar refractivity (Wildman–Crippen MR) is 131 cm³/mol. The van der Waals surface area contributed by atoms with Crippen LogP contribution in [0.4, 0.5) is 0 Å². The molecule has 0 saturated carbocycles. The monoisotopic (exact) mass is 502 g/mol. The lowest BCUT2D eigenvalue weighted by Crippen LogP contribution is -2.16. The number of amides is 1. The molecule has 0 spiro atoms. The molecule has 1 amide bonds. The highest BCUT2D eigenvalue weighted by atomic mass is 32.2. The van der Waals surface area contributed by atoms with Crippen molar-refractivity contribution >= 4 is 43.3 Å². The van der Waals surface area contributed by atoms with E-state index in [0.717, 1.165) is 10.2 Å². The highest BCUT2D eigenvalue weighted by Crippen LogP contribution is 2.21. The van der Waals surface area contributed by atoms with E-state index in [0.29, 0.717) is 22.7 Å². The summed E-state index contributed by atoms with van der Waals surface area (Å²) in [5, 5.41) is 0. The van der Waals surface area contributed by atoms with Crippen LogP contribution in [0.3, 0.4) is 0 Å². The lowest BCUT2D eigenvalue weighted by atomic mass is 10.2. The van der Waals surface area contributed by atoms with Gasteiger partial charge in [0.1, 0.15) is 5.75 Å². The Morgan fingerprint density at radius 3 is 2.56 bits per heavy atom. The van der Waals surface area contributed by atoms with Crippen molar-refractivity contribution in [3.05, 3.63) is 65.5 Å². The number of benzene rings is 2. The molecule has 1 heterocycles. The Labute approximate surface area is 202 Å². The topological polar surface area (TPSA) is 104 Å². The maximum absolute atomic E-state index is 12.5. The van der Waals surface area contributed by atoms with Gasteiger partial charge in [-0.15, -0.1) is 6.58 Å². The van der Waals surface area contributed by atoms with Gasteiger partial charge in [-0.25, -0.2) is 13.2 Å². The van der Waals surface area contributed by atoms with Crippen molar-refractivity contribution in [3.63, 3.8) is 0 Å². The Kier molecular flexibility index (Phi) is 8.41. The van der Waals surface area contributed by atoms with Gasteiger partial charge in [0.25, 0.3) is 0 Å². The molecule has 8 nitrogen and oxygen atoms in total. The van der Waals surface area contributed by atoms with E-state index in [9.17, 15) is 18.0 Å². The first-order valence-corrected chi connectivity index (χ1v) is 13.1. The van der Waals surface area contributed by atoms with Crippen molar-refractivity contribution in [2.24, 2.45) is 4.99 Å². The number of allylic oxidation sites excluding steroid dienone is 1. The molecule has 0 aliphatic carbocycles. The quantitative estimate of drug-likeness (QED) is 0.309. The summed E-state index contributed by atoms with van der Waals surface area (Å²) in [6, 6.07) is 11.3. The zero-order valence-electron chi connectivity index (χ0n) is 19.0. The number of fused-ring (bicyclic) bond motifs is 1. The molecule has 0 aliphatic rings. The zero-order valence-corrected chi connectivity index (χ0v) is 20.7. The lowest BCUT2D eigenvalue weighted by molar-refractivity contribution is -0.118. The first-order valence-electron chi connectivity index (χ1n) is 10.6. The molecule has 0 unspecified atom stereocenters. The molecule has 1 aromatic heterocycles. The van der Waals surface area contributed by atoms with E-state index in [-0.39, 0.29) is 30.1 Å². The molecule has 0 saturated heterocycles. The number of esters is 1. The van der Waals surface area contributed by atoms with Gasteiger partial charge >= 0.3 is 5.97 Å². The van der Waals surface area contributed by atoms with Crippen molar-refractivity contribution < 1.29 is 27.5 Å². The summed E-state index contributed by atoms with van der Waals surface area (Å²) in [6.45, 7) is 6.20. The van der Waals surface area contributed by atoms with Crippen molar-refractivity contribution in [1.82, 2.24) is 4.57 Å². The zero-order chi connectivity index (χ0) is 24.7. The lowest BCUT2D eigenvalue weighted by Gasteiger charge is -2.05. The summed E-state index contributed by atoms with van der Waals surface area (Å²) < 4.78 is 37.8. The second-order valence-electron chi connectivity index (χ2n) is 7.29. The standard InChI is InChI=1S/C24H26N2O6S2/c1-4-14-26-20-13-8-17(23(28)32-5-2)16-21(20)33-24(26)25-22(27)7-6-15-34(29,30)19-11-9-18(31-3)10-12-19/h4,8-13,16H,1,5-7,14-15H2,2-3H3. The van der Waals surface area contributed by atoms with Crippen LogP contribution in [-0.4, -0.2) is 44.3 Å². The van der Waals surface area contributed by atoms with Crippen LogP contribution >= 0.6 is 11.3 Å². The van der Waals surface area contributed by atoms with Gasteiger partial charge in [0.2, 0.25) is 5.91 Å². The normalized spacial score (nSPS) is 12.0. The number of hydrogen-bond donors (Lipinski definition) is 0. The minimum absolute atomic E-state index is 0.00814. The molecule has 0 fully saturated rings. The van der Waals surface area contributed by atoms with Crippen molar-refractivity contribution in [1.29, 1.82) is 0 Å². The molecule has 0 radical (unpaired) electrons. The van der Waals surface area contributed by atoms with Crippen LogP contribution in [0, 0.1) is 0 Å². The van der Waals surface area contributed by atoms with Crippen molar-refractivity contribution in [2.45, 2.75) is 31.2 Å². The van der Waals surface area contributed by atoms with E-state index in [1.165, 1.54) is 30.6 Å². The summed E-state index contributed by atoms with van der Waals surface area (Å²) in [5.74, 6) is -0.429. The number of nitrogens with zero attached hydrogens (tertiary/aromatic N) is 2. The van der Waals surface area contributed by atoms with Gasteiger partial charge in [-0.05, 0) is 55.8 Å². The van der Waals surface area contributed by atoms with Crippen LogP contribution < -0.4 is 9.54 Å². The average molecular weight is 503 g/mol. The predicted octanol–water partition coefficient (Wildman–Crippen LogP) is 3.76. The summed E-state index contributed by atoms with van der Waals surface area (Å²) >= 11 is 1.27. The van der Waals surface area contributed by atoms with Crippen LogP contribution in [0.1, 0.15) is 30.1 Å². The first kappa shape index (κ1) is 25.4. The fourth-order valence-electron chi connectivity index (χ4n) is 3.28. The fraction of sp³-hybridized carbons (Fsp3) is 0.292. The molecule has 10 heteroatoms. The number of aromatic nitrogens is 1. The summed E-state index contributed by atoms with van der Waals surface area (Å²) in [4.78, 5) is 29.4. The SMILES string of the molecule is C=CCn1c(=NC(=O)CCCS(=O)(=O)c2ccc(OC)cc2)sc2cc(C(=O)OCC)ccc21. The van der Waals surface area contributed by atoms with Crippen LogP contribution in [0.2, 0.25) is 0 Å². The van der Waals surface area contributed by atoms with E-state index in [1.807, 2.05) is 4.57 Å². The highest BCUT2D eigenvalue weighted by molar-refractivity contribution is 7.91. The maximum Gasteiger partial charge on any atom is 0.338 e. The number of hydrogen-bond acceptors (Lipinski definition) is 7. The summed E-state index contributed by atoms with van der Waals surface area (Å²) in [6.07, 6.45) is 1.83. The van der Waals surface area contributed by atoms with E-state index < -0.39 is 21.7 Å². The molecule has 34 heavy (non-hydrogen) atoms. The number of thiazole rings is 1. The number of rotatable bonds is 10. The molecular weight excluding hydrogens is 476 g/mol. The third kappa shape index (κ3) is 6.00. The molecule has 3 rings (SSSR count). The molecule has 0 atom stereocenters. The van der Waals surface area contributed by atoms with Crippen molar-refractivity contribution in [3.8, 4) is 5.75 Å².